The molecule has 0 radical (unpaired) electrons. The maximum atomic E-state index is 13.0. The van der Waals surface area contributed by atoms with Gasteiger partial charge < -0.3 is 14.0 Å². The number of aromatic nitrogens is 1. The van der Waals surface area contributed by atoms with Crippen LogP contribution in [0.25, 0.3) is 27.7 Å². The lowest BCUT2D eigenvalue weighted by Crippen LogP contribution is -2.17. The third-order valence-electron chi connectivity index (χ3n) is 7.98. The lowest BCUT2D eigenvalue weighted by atomic mass is 10.0. The van der Waals surface area contributed by atoms with Crippen LogP contribution in [0.4, 0.5) is 0 Å². The summed E-state index contributed by atoms with van der Waals surface area (Å²) in [4.78, 5) is 13.0. The minimum Gasteiger partial charge on any atom is -0.490 e. The molecule has 234 valence electrons. The van der Waals surface area contributed by atoms with E-state index in [0.717, 1.165) is 44.7 Å². The molecule has 1 amide bonds. The molecule has 1 N–H and O–H groups in total. The van der Waals surface area contributed by atoms with Crippen LogP contribution in [0.1, 0.15) is 39.7 Å². The van der Waals surface area contributed by atoms with Gasteiger partial charge in [-0.05, 0) is 96.3 Å². The lowest BCUT2D eigenvalue weighted by Gasteiger charge is -2.17. The number of carbonyl (C=O) groups excluding carboxylic acids is 1. The Labute approximate surface area is 275 Å². The van der Waals surface area contributed by atoms with Gasteiger partial charge >= 0.3 is 0 Å². The predicted molar refractivity (Wildman–Crippen MR) is 191 cm³/mol. The maximum Gasteiger partial charge on any atom is 0.271 e. The fraction of sp³-hybridized carbons (Fsp3) is 0.122. The molecule has 1 heterocycles. The number of ether oxygens (including phenoxy) is 2. The van der Waals surface area contributed by atoms with Crippen molar-refractivity contribution in [2.24, 2.45) is 5.10 Å². The van der Waals surface area contributed by atoms with Crippen LogP contribution in [0, 0.1) is 6.92 Å². The first-order chi connectivity index (χ1) is 23.1. The van der Waals surface area contributed by atoms with Gasteiger partial charge in [0, 0.05) is 22.5 Å². The lowest BCUT2D eigenvalue weighted by molar-refractivity contribution is 0.0955. The van der Waals surface area contributed by atoms with E-state index in [1.165, 1.54) is 5.39 Å². The first kappa shape index (κ1) is 31.1. The van der Waals surface area contributed by atoms with Crippen molar-refractivity contribution in [2.75, 3.05) is 6.61 Å². The highest BCUT2D eigenvalue weighted by Crippen LogP contribution is 2.35. The molecular weight excluding hydrogens is 582 g/mol. The molecule has 0 bridgehead atoms. The van der Waals surface area contributed by atoms with Crippen LogP contribution in [0.3, 0.4) is 0 Å². The summed E-state index contributed by atoms with van der Waals surface area (Å²) in [6, 6.07) is 40.3. The summed E-state index contributed by atoms with van der Waals surface area (Å²) in [5.41, 5.74) is 10.3. The second-order valence-electron chi connectivity index (χ2n) is 11.2. The molecule has 6 heteroatoms. The number of nitrogens with one attached hydrogen (secondary N) is 1. The van der Waals surface area contributed by atoms with Crippen molar-refractivity contribution < 1.29 is 14.3 Å². The van der Waals surface area contributed by atoms with E-state index in [1.807, 2.05) is 85.8 Å². The van der Waals surface area contributed by atoms with Crippen molar-refractivity contribution >= 4 is 22.9 Å². The molecular formula is C41H37N3O3. The zero-order chi connectivity index (χ0) is 32.6. The van der Waals surface area contributed by atoms with Gasteiger partial charge in [0.25, 0.3) is 5.91 Å². The molecule has 0 aliphatic rings. The number of rotatable bonds is 12. The van der Waals surface area contributed by atoms with E-state index in [9.17, 15) is 4.79 Å². The molecule has 0 aliphatic carbocycles. The van der Waals surface area contributed by atoms with Crippen LogP contribution in [0.5, 0.6) is 11.5 Å². The summed E-state index contributed by atoms with van der Waals surface area (Å²) in [6.45, 7) is 8.82. The Balaban J connectivity index is 1.17. The second kappa shape index (κ2) is 14.5. The number of benzene rings is 5. The van der Waals surface area contributed by atoms with Gasteiger partial charge in [-0.25, -0.2) is 5.43 Å². The number of hydrazone groups is 1. The van der Waals surface area contributed by atoms with E-state index in [4.69, 9.17) is 9.47 Å². The highest BCUT2D eigenvalue weighted by Gasteiger charge is 2.15. The van der Waals surface area contributed by atoms with E-state index >= 15 is 0 Å². The summed E-state index contributed by atoms with van der Waals surface area (Å²) in [5.74, 6) is 0.992. The molecule has 5 aromatic carbocycles. The van der Waals surface area contributed by atoms with Crippen LogP contribution in [0.2, 0.25) is 0 Å². The Morgan fingerprint density at radius 1 is 0.851 bits per heavy atom. The number of allylic oxidation sites excluding steroid dienone is 1. The largest absolute Gasteiger partial charge is 0.490 e. The average Bonchev–Trinajstić information content (AvgIpc) is 3.49. The number of fused-ring (bicyclic) bond motifs is 1. The topological polar surface area (TPSA) is 64.9 Å². The Morgan fingerprint density at radius 2 is 1.62 bits per heavy atom. The van der Waals surface area contributed by atoms with Gasteiger partial charge in [-0.2, -0.15) is 5.10 Å². The van der Waals surface area contributed by atoms with Crippen molar-refractivity contribution in [3.05, 3.63) is 162 Å². The summed E-state index contributed by atoms with van der Waals surface area (Å²) in [6.07, 6.45) is 4.03. The minimum absolute atomic E-state index is 0.299. The average molecular weight is 620 g/mol. The van der Waals surface area contributed by atoms with Crippen molar-refractivity contribution in [1.29, 1.82) is 0 Å². The molecule has 0 atom stereocenters. The number of aryl methyl sites for hydroxylation is 1. The SMILES string of the molecule is C=CCc1cc(/C=N/NC(=O)c2ccc(-n3c(C)ccc3-c3ccccc3)cc2)cc(OCC)c1OCc1cccc2ccccc12. The number of hydrogen-bond donors (Lipinski definition) is 1. The molecule has 0 fully saturated rings. The third-order valence-corrected chi connectivity index (χ3v) is 7.98. The first-order valence-corrected chi connectivity index (χ1v) is 15.7. The highest BCUT2D eigenvalue weighted by molar-refractivity contribution is 5.95. The second-order valence-corrected chi connectivity index (χ2v) is 11.2. The molecule has 0 aliphatic heterocycles. The quantitative estimate of drug-likeness (QED) is 0.0844. The van der Waals surface area contributed by atoms with Crippen molar-refractivity contribution in [3.8, 4) is 28.4 Å². The monoisotopic (exact) mass is 619 g/mol. The van der Waals surface area contributed by atoms with Crippen molar-refractivity contribution in [1.82, 2.24) is 9.99 Å². The summed E-state index contributed by atoms with van der Waals surface area (Å²) >= 11 is 0. The molecule has 1 aromatic heterocycles. The van der Waals surface area contributed by atoms with Gasteiger partial charge in [0.05, 0.1) is 18.5 Å². The fourth-order valence-electron chi connectivity index (χ4n) is 5.77. The van der Waals surface area contributed by atoms with Crippen LogP contribution in [-0.4, -0.2) is 23.3 Å². The van der Waals surface area contributed by atoms with Gasteiger partial charge in [-0.3, -0.25) is 4.79 Å². The van der Waals surface area contributed by atoms with Crippen LogP contribution < -0.4 is 14.9 Å². The summed E-state index contributed by atoms with van der Waals surface area (Å²) in [7, 11) is 0. The van der Waals surface area contributed by atoms with Crippen LogP contribution in [-0.2, 0) is 13.0 Å². The Bertz CT molecular complexity index is 2040. The smallest absolute Gasteiger partial charge is 0.271 e. The van der Waals surface area contributed by atoms with Gasteiger partial charge in [0.15, 0.2) is 11.5 Å². The molecule has 0 spiro atoms. The molecule has 0 saturated carbocycles. The molecule has 0 unspecified atom stereocenters. The summed E-state index contributed by atoms with van der Waals surface area (Å²) < 4.78 is 14.6. The van der Waals surface area contributed by atoms with Crippen molar-refractivity contribution in [2.45, 2.75) is 26.9 Å². The molecule has 6 aromatic rings. The van der Waals surface area contributed by atoms with Gasteiger partial charge in [-0.15, -0.1) is 6.58 Å². The van der Waals surface area contributed by atoms with Gasteiger partial charge in [-0.1, -0.05) is 78.9 Å². The number of hydrogen-bond acceptors (Lipinski definition) is 4. The molecule has 6 nitrogen and oxygen atoms in total. The van der Waals surface area contributed by atoms with E-state index in [1.54, 1.807) is 6.21 Å². The normalized spacial score (nSPS) is 11.1. The maximum absolute atomic E-state index is 13.0. The van der Waals surface area contributed by atoms with E-state index in [2.05, 4.69) is 77.1 Å². The van der Waals surface area contributed by atoms with Gasteiger partial charge in [0.2, 0.25) is 0 Å². The minimum atomic E-state index is -0.299. The Hall–Kier alpha value is -5.88. The van der Waals surface area contributed by atoms with Gasteiger partial charge in [0.1, 0.15) is 6.61 Å². The third kappa shape index (κ3) is 7.02. The number of amides is 1. The Morgan fingerprint density at radius 3 is 2.40 bits per heavy atom. The fourth-order valence-corrected chi connectivity index (χ4v) is 5.77. The number of carbonyl (C=O) groups is 1. The van der Waals surface area contributed by atoms with Crippen LogP contribution >= 0.6 is 0 Å². The predicted octanol–water partition coefficient (Wildman–Crippen LogP) is 9.08. The highest BCUT2D eigenvalue weighted by atomic mass is 16.5. The van der Waals surface area contributed by atoms with E-state index in [0.29, 0.717) is 36.7 Å². The van der Waals surface area contributed by atoms with E-state index < -0.39 is 0 Å². The molecule has 47 heavy (non-hydrogen) atoms. The molecule has 0 saturated heterocycles. The molecule has 6 rings (SSSR count). The van der Waals surface area contributed by atoms with Crippen LogP contribution in [0.15, 0.2) is 139 Å². The standard InChI is InChI=1S/C41H37N3O3/c1-4-12-34-25-30(26-39(46-5-2)40(34)47-28-35-17-11-16-31-13-9-10-18-37(31)35)27-42-43-41(45)33-20-22-36(23-21-33)44-29(3)19-24-38(44)32-14-7-6-8-15-32/h4,6-11,13-27H,1,5,12,28H2,2-3H3,(H,43,45)/b42-27+. The summed E-state index contributed by atoms with van der Waals surface area (Å²) in [5, 5.41) is 6.59. The zero-order valence-electron chi connectivity index (χ0n) is 26.6. The number of nitrogens with zero attached hydrogens (tertiary/aromatic N) is 2. The van der Waals surface area contributed by atoms with E-state index in [-0.39, 0.29) is 5.91 Å². The van der Waals surface area contributed by atoms with Crippen molar-refractivity contribution in [3.63, 3.8) is 0 Å². The Kier molecular flexibility index (Phi) is 9.59. The first-order valence-electron chi connectivity index (χ1n) is 15.7. The zero-order valence-corrected chi connectivity index (χ0v) is 26.6.